The third-order valence-electron chi connectivity index (χ3n) is 4.18. The monoisotopic (exact) mass is 240 g/mol. The number of hydrogen-bond acceptors (Lipinski definition) is 2. The summed E-state index contributed by atoms with van der Waals surface area (Å²) >= 11 is 0. The second-order valence-electron chi connectivity index (χ2n) is 5.63. The molecule has 2 fully saturated rings. The summed E-state index contributed by atoms with van der Waals surface area (Å²) < 4.78 is 0. The molecule has 4 nitrogen and oxygen atoms in total. The molecule has 4 heteroatoms. The van der Waals surface area contributed by atoms with E-state index in [0.717, 1.165) is 44.6 Å². The van der Waals surface area contributed by atoms with Crippen molar-refractivity contribution >= 4 is 6.03 Å². The van der Waals surface area contributed by atoms with Gasteiger partial charge in [-0.15, -0.1) is 0 Å². The van der Waals surface area contributed by atoms with E-state index in [9.17, 15) is 9.90 Å². The van der Waals surface area contributed by atoms with E-state index >= 15 is 0 Å². The zero-order valence-corrected chi connectivity index (χ0v) is 10.5. The molecule has 0 heterocycles. The highest BCUT2D eigenvalue weighted by Gasteiger charge is 2.31. The molecule has 0 unspecified atom stereocenters. The SMILES string of the molecule is O=C(NCCC1CCC1)NCC1(O)CCCC1. The van der Waals surface area contributed by atoms with Crippen LogP contribution in [0.1, 0.15) is 51.4 Å². The van der Waals surface area contributed by atoms with Gasteiger partial charge < -0.3 is 15.7 Å². The minimum Gasteiger partial charge on any atom is -0.388 e. The molecule has 3 N–H and O–H groups in total. The predicted molar refractivity (Wildman–Crippen MR) is 66.8 cm³/mol. The number of rotatable bonds is 5. The summed E-state index contributed by atoms with van der Waals surface area (Å²) in [4.78, 5) is 11.5. The van der Waals surface area contributed by atoms with E-state index in [1.807, 2.05) is 0 Å². The zero-order valence-electron chi connectivity index (χ0n) is 10.5. The molecular weight excluding hydrogens is 216 g/mol. The summed E-state index contributed by atoms with van der Waals surface area (Å²) in [6.07, 6.45) is 8.86. The Morgan fingerprint density at radius 2 is 1.88 bits per heavy atom. The fourth-order valence-corrected chi connectivity index (χ4v) is 2.69. The molecule has 0 aromatic carbocycles. The van der Waals surface area contributed by atoms with E-state index in [1.165, 1.54) is 19.3 Å². The van der Waals surface area contributed by atoms with Crippen LogP contribution in [0, 0.1) is 5.92 Å². The van der Waals surface area contributed by atoms with Crippen LogP contribution < -0.4 is 10.6 Å². The third-order valence-corrected chi connectivity index (χ3v) is 4.18. The molecule has 2 aliphatic carbocycles. The van der Waals surface area contributed by atoms with E-state index in [4.69, 9.17) is 0 Å². The maximum Gasteiger partial charge on any atom is 0.314 e. The number of amides is 2. The van der Waals surface area contributed by atoms with Crippen molar-refractivity contribution in [2.75, 3.05) is 13.1 Å². The van der Waals surface area contributed by atoms with Gasteiger partial charge in [0.15, 0.2) is 0 Å². The first kappa shape index (κ1) is 12.7. The molecule has 2 aliphatic rings. The van der Waals surface area contributed by atoms with Gasteiger partial charge in [0.1, 0.15) is 0 Å². The second kappa shape index (κ2) is 5.71. The molecule has 0 spiro atoms. The lowest BCUT2D eigenvalue weighted by atomic mass is 9.83. The molecule has 17 heavy (non-hydrogen) atoms. The number of hydrogen-bond donors (Lipinski definition) is 3. The van der Waals surface area contributed by atoms with Crippen LogP contribution in [0.2, 0.25) is 0 Å². The van der Waals surface area contributed by atoms with Crippen LogP contribution in [0.15, 0.2) is 0 Å². The van der Waals surface area contributed by atoms with Gasteiger partial charge in [-0.05, 0) is 25.2 Å². The van der Waals surface area contributed by atoms with E-state index in [2.05, 4.69) is 10.6 Å². The largest absolute Gasteiger partial charge is 0.388 e. The second-order valence-corrected chi connectivity index (χ2v) is 5.63. The molecule has 0 saturated heterocycles. The van der Waals surface area contributed by atoms with Gasteiger partial charge in [-0.2, -0.15) is 0 Å². The van der Waals surface area contributed by atoms with Gasteiger partial charge in [0.05, 0.1) is 5.60 Å². The highest BCUT2D eigenvalue weighted by atomic mass is 16.3. The Bertz CT molecular complexity index is 258. The summed E-state index contributed by atoms with van der Waals surface area (Å²) in [7, 11) is 0. The molecule has 2 saturated carbocycles. The first-order valence-electron chi connectivity index (χ1n) is 6.92. The van der Waals surface area contributed by atoms with Crippen LogP contribution in [0.4, 0.5) is 4.79 Å². The van der Waals surface area contributed by atoms with Crippen molar-refractivity contribution in [2.45, 2.75) is 57.0 Å². The third kappa shape index (κ3) is 3.87. The van der Waals surface area contributed by atoms with Gasteiger partial charge in [0, 0.05) is 13.1 Å². The van der Waals surface area contributed by atoms with Gasteiger partial charge in [0.25, 0.3) is 0 Å². The van der Waals surface area contributed by atoms with Crippen molar-refractivity contribution in [1.29, 1.82) is 0 Å². The average Bonchev–Trinajstić information content (AvgIpc) is 2.67. The molecule has 0 aliphatic heterocycles. The molecule has 0 atom stereocenters. The zero-order chi connectivity index (χ0) is 12.1. The standard InChI is InChI=1S/C13H24N2O2/c16-12(14-9-6-11-4-3-5-11)15-10-13(17)7-1-2-8-13/h11,17H,1-10H2,(H2,14,15,16). The number of urea groups is 1. The molecule has 2 rings (SSSR count). The van der Waals surface area contributed by atoms with Gasteiger partial charge in [0.2, 0.25) is 0 Å². The van der Waals surface area contributed by atoms with E-state index < -0.39 is 5.60 Å². The van der Waals surface area contributed by atoms with Crippen LogP contribution in [-0.4, -0.2) is 29.8 Å². The lowest BCUT2D eigenvalue weighted by molar-refractivity contribution is 0.0501. The molecular formula is C13H24N2O2. The van der Waals surface area contributed by atoms with E-state index in [0.29, 0.717) is 6.54 Å². The summed E-state index contributed by atoms with van der Waals surface area (Å²) in [6, 6.07) is -0.135. The number of nitrogens with one attached hydrogen (secondary N) is 2. The van der Waals surface area contributed by atoms with Crippen LogP contribution >= 0.6 is 0 Å². The highest BCUT2D eigenvalue weighted by Crippen LogP contribution is 2.29. The van der Waals surface area contributed by atoms with Gasteiger partial charge in [-0.25, -0.2) is 4.79 Å². The van der Waals surface area contributed by atoms with Gasteiger partial charge in [-0.1, -0.05) is 32.1 Å². The van der Waals surface area contributed by atoms with Crippen LogP contribution in [0.3, 0.4) is 0 Å². The first-order chi connectivity index (χ1) is 8.18. The summed E-state index contributed by atoms with van der Waals surface area (Å²) in [6.45, 7) is 1.15. The summed E-state index contributed by atoms with van der Waals surface area (Å²) in [5.41, 5.74) is -0.648. The lowest BCUT2D eigenvalue weighted by Crippen LogP contribution is -2.45. The van der Waals surface area contributed by atoms with Crippen molar-refractivity contribution in [3.8, 4) is 0 Å². The molecule has 0 aromatic rings. The molecule has 2 amide bonds. The smallest absolute Gasteiger partial charge is 0.314 e. The average molecular weight is 240 g/mol. The Morgan fingerprint density at radius 1 is 1.18 bits per heavy atom. The maximum atomic E-state index is 11.5. The van der Waals surface area contributed by atoms with Crippen LogP contribution in [0.5, 0.6) is 0 Å². The molecule has 98 valence electrons. The molecule has 0 aromatic heterocycles. The van der Waals surface area contributed by atoms with Crippen molar-refractivity contribution in [3.05, 3.63) is 0 Å². The van der Waals surface area contributed by atoms with Crippen molar-refractivity contribution in [2.24, 2.45) is 5.92 Å². The molecule has 0 radical (unpaired) electrons. The Kier molecular flexibility index (Phi) is 4.26. The van der Waals surface area contributed by atoms with Crippen molar-refractivity contribution < 1.29 is 9.90 Å². The summed E-state index contributed by atoms with van der Waals surface area (Å²) in [5.74, 6) is 0.828. The maximum absolute atomic E-state index is 11.5. The molecule has 0 bridgehead atoms. The predicted octanol–water partition coefficient (Wildman–Crippen LogP) is 1.78. The van der Waals surface area contributed by atoms with Crippen LogP contribution in [0.25, 0.3) is 0 Å². The number of carbonyl (C=O) groups is 1. The topological polar surface area (TPSA) is 61.4 Å². The summed E-state index contributed by atoms with van der Waals surface area (Å²) in [5, 5.41) is 15.7. The minimum absolute atomic E-state index is 0.135. The van der Waals surface area contributed by atoms with Crippen LogP contribution in [-0.2, 0) is 0 Å². The van der Waals surface area contributed by atoms with E-state index in [-0.39, 0.29) is 6.03 Å². The Morgan fingerprint density at radius 3 is 2.47 bits per heavy atom. The normalized spacial score (nSPS) is 23.1. The first-order valence-corrected chi connectivity index (χ1v) is 6.92. The fourth-order valence-electron chi connectivity index (χ4n) is 2.69. The highest BCUT2D eigenvalue weighted by molar-refractivity contribution is 5.73. The number of aliphatic hydroxyl groups is 1. The Hall–Kier alpha value is -0.770. The van der Waals surface area contributed by atoms with Gasteiger partial charge in [-0.3, -0.25) is 0 Å². The Labute approximate surface area is 103 Å². The fraction of sp³-hybridized carbons (Fsp3) is 0.923. The van der Waals surface area contributed by atoms with E-state index in [1.54, 1.807) is 0 Å². The minimum atomic E-state index is -0.648. The Balaban J connectivity index is 1.53. The quantitative estimate of drug-likeness (QED) is 0.686. The lowest BCUT2D eigenvalue weighted by Gasteiger charge is -2.25. The number of carbonyl (C=O) groups excluding carboxylic acids is 1. The van der Waals surface area contributed by atoms with Crippen molar-refractivity contribution in [1.82, 2.24) is 10.6 Å². The van der Waals surface area contributed by atoms with Gasteiger partial charge >= 0.3 is 6.03 Å². The van der Waals surface area contributed by atoms with Crippen molar-refractivity contribution in [3.63, 3.8) is 0 Å².